The Morgan fingerprint density at radius 2 is 1.03 bits per heavy atom. The molecular weight excluding hydrogens is 514 g/mol. The molecule has 0 aromatic heterocycles. The first-order valence-corrected chi connectivity index (χ1v) is 14.4. The summed E-state index contributed by atoms with van der Waals surface area (Å²) in [4.78, 5) is 0. The van der Waals surface area contributed by atoms with Gasteiger partial charge in [0, 0.05) is 37.0 Å². The molecule has 1 aromatic carbocycles. The fraction of sp³-hybridized carbons (Fsp3) is 0.667. The normalized spacial score (nSPS) is 39.9. The van der Waals surface area contributed by atoms with Gasteiger partial charge in [-0.15, -0.1) is 46.4 Å². The molecule has 12 heteroatoms. The van der Waals surface area contributed by atoms with Crippen LogP contribution in [-0.2, 0) is 32.8 Å². The molecule has 0 radical (unpaired) electrons. The van der Waals surface area contributed by atoms with E-state index in [0.717, 1.165) is 11.1 Å². The summed E-state index contributed by atoms with van der Waals surface area (Å²) >= 11 is 24.4. The van der Waals surface area contributed by atoms with Crippen LogP contribution in [0.2, 0.25) is 0 Å². The minimum Gasteiger partial charge on any atom is -0.307 e. The van der Waals surface area contributed by atoms with E-state index in [9.17, 15) is 16.8 Å². The van der Waals surface area contributed by atoms with E-state index in [1.54, 1.807) is 13.8 Å². The van der Waals surface area contributed by atoms with Crippen LogP contribution < -0.4 is 10.6 Å². The Hall–Kier alpha value is 0.200. The molecule has 2 fully saturated rings. The van der Waals surface area contributed by atoms with Gasteiger partial charge in [0.05, 0.1) is 0 Å². The first-order chi connectivity index (χ1) is 13.9. The van der Waals surface area contributed by atoms with Gasteiger partial charge in [-0.1, -0.05) is 38.1 Å². The molecule has 0 amide bonds. The zero-order valence-electron chi connectivity index (χ0n) is 16.3. The zero-order chi connectivity index (χ0) is 22.4. The van der Waals surface area contributed by atoms with Crippen LogP contribution in [0.5, 0.6) is 0 Å². The van der Waals surface area contributed by atoms with Gasteiger partial charge in [0.25, 0.3) is 0 Å². The zero-order valence-corrected chi connectivity index (χ0v) is 21.0. The summed E-state index contributed by atoms with van der Waals surface area (Å²) in [5, 5.41) is 6.45. The van der Waals surface area contributed by atoms with Crippen LogP contribution in [0.3, 0.4) is 0 Å². The lowest BCUT2D eigenvalue weighted by atomic mass is 10.0. The van der Waals surface area contributed by atoms with Gasteiger partial charge in [0.15, 0.2) is 29.1 Å². The van der Waals surface area contributed by atoms with Gasteiger partial charge < -0.3 is 10.6 Å². The van der Waals surface area contributed by atoms with E-state index in [0.29, 0.717) is 13.1 Å². The van der Waals surface area contributed by atoms with Crippen molar-refractivity contribution in [1.82, 2.24) is 10.6 Å². The lowest BCUT2D eigenvalue weighted by Gasteiger charge is -2.22. The SMILES string of the molecule is CC1C(NCc2ccccc2CNC2C(C)C(Cl)S(=O)(=O)C2Cl)C(Cl)S(=O)(=O)C1Cl. The Balaban J connectivity index is 1.69. The van der Waals surface area contributed by atoms with Gasteiger partial charge in [0.2, 0.25) is 0 Å². The van der Waals surface area contributed by atoms with Crippen LogP contribution in [0.1, 0.15) is 25.0 Å². The lowest BCUT2D eigenvalue weighted by Crippen LogP contribution is -2.40. The largest absolute Gasteiger partial charge is 0.307 e. The summed E-state index contributed by atoms with van der Waals surface area (Å²) in [6.45, 7) is 4.29. The summed E-state index contributed by atoms with van der Waals surface area (Å²) < 4.78 is 44.5. The van der Waals surface area contributed by atoms with Crippen molar-refractivity contribution >= 4 is 66.1 Å². The van der Waals surface area contributed by atoms with E-state index >= 15 is 0 Å². The minimum atomic E-state index is -3.59. The molecule has 170 valence electrons. The molecule has 0 saturated carbocycles. The van der Waals surface area contributed by atoms with E-state index in [1.165, 1.54) is 0 Å². The highest BCUT2D eigenvalue weighted by Gasteiger charge is 2.52. The van der Waals surface area contributed by atoms with Crippen LogP contribution in [0.15, 0.2) is 24.3 Å². The van der Waals surface area contributed by atoms with Crippen LogP contribution in [0.25, 0.3) is 0 Å². The third-order valence-corrected chi connectivity index (χ3v) is 14.2. The number of rotatable bonds is 6. The first-order valence-electron chi connectivity index (χ1n) is 9.46. The molecule has 1 aromatic rings. The highest BCUT2D eigenvalue weighted by molar-refractivity contribution is 7.95. The number of nitrogens with one attached hydrogen (secondary N) is 2. The summed E-state index contributed by atoms with van der Waals surface area (Å²) in [7, 11) is -7.19. The molecular formula is C18H24Cl4N2O4S2. The number of sulfone groups is 2. The maximum absolute atomic E-state index is 12.2. The summed E-state index contributed by atoms with van der Waals surface area (Å²) in [6, 6.07) is 6.61. The Morgan fingerprint density at radius 1 is 0.700 bits per heavy atom. The lowest BCUT2D eigenvalue weighted by molar-refractivity contribution is 0.422. The predicted molar refractivity (Wildman–Crippen MR) is 122 cm³/mol. The van der Waals surface area contributed by atoms with E-state index in [4.69, 9.17) is 46.4 Å². The second-order valence-corrected chi connectivity index (χ2v) is 15.2. The predicted octanol–water partition coefficient (Wildman–Crippen LogP) is 2.99. The third kappa shape index (κ3) is 4.36. The van der Waals surface area contributed by atoms with Gasteiger partial charge in [-0.2, -0.15) is 0 Å². The Bertz CT molecular complexity index is 913. The highest BCUT2D eigenvalue weighted by Crippen LogP contribution is 2.38. The Morgan fingerprint density at radius 3 is 1.30 bits per heavy atom. The number of hydrogen-bond donors (Lipinski definition) is 2. The second-order valence-electron chi connectivity index (χ2n) is 7.88. The van der Waals surface area contributed by atoms with Crippen molar-refractivity contribution in [2.75, 3.05) is 0 Å². The van der Waals surface area contributed by atoms with Crippen LogP contribution >= 0.6 is 46.4 Å². The van der Waals surface area contributed by atoms with E-state index in [1.807, 2.05) is 24.3 Å². The van der Waals surface area contributed by atoms with Crippen molar-refractivity contribution in [3.8, 4) is 0 Å². The molecule has 30 heavy (non-hydrogen) atoms. The molecule has 6 nitrogen and oxygen atoms in total. The van der Waals surface area contributed by atoms with E-state index in [2.05, 4.69) is 10.6 Å². The molecule has 0 bridgehead atoms. The number of hydrogen-bond acceptors (Lipinski definition) is 6. The molecule has 2 heterocycles. The van der Waals surface area contributed by atoms with E-state index in [-0.39, 0.29) is 11.8 Å². The molecule has 2 aliphatic rings. The summed E-state index contributed by atoms with van der Waals surface area (Å²) in [5.74, 6) is -0.682. The standard InChI is InChI=1S/C18H24Cl4N2O4S2/c1-9-13(17(21)29(25,26)15(9)19)23-7-11-5-3-4-6-12(11)8-24-14-10(2)16(20)30(27,28)18(14)22/h3-6,9-10,13-18,23-24H,7-8H2,1-2H3. The van der Waals surface area contributed by atoms with Crippen LogP contribution in [0.4, 0.5) is 0 Å². The van der Waals surface area contributed by atoms with Gasteiger partial charge in [-0.05, 0) is 11.1 Å². The van der Waals surface area contributed by atoms with Crippen molar-refractivity contribution in [2.24, 2.45) is 11.8 Å². The number of benzene rings is 1. The highest BCUT2D eigenvalue weighted by atomic mass is 35.5. The van der Waals surface area contributed by atoms with Gasteiger partial charge in [-0.3, -0.25) is 0 Å². The van der Waals surface area contributed by atoms with Crippen molar-refractivity contribution < 1.29 is 16.8 Å². The van der Waals surface area contributed by atoms with Crippen molar-refractivity contribution in [1.29, 1.82) is 0 Å². The topological polar surface area (TPSA) is 92.3 Å². The quantitative estimate of drug-likeness (QED) is 0.542. The van der Waals surface area contributed by atoms with Gasteiger partial charge in [0.1, 0.15) is 9.42 Å². The first kappa shape index (κ1) is 24.8. The summed E-state index contributed by atoms with van der Waals surface area (Å²) in [5.41, 5.74) is 1.86. The van der Waals surface area contributed by atoms with Crippen molar-refractivity contribution in [3.05, 3.63) is 35.4 Å². The monoisotopic (exact) mass is 536 g/mol. The molecule has 0 aliphatic carbocycles. The fourth-order valence-corrected chi connectivity index (χ4v) is 10.1. The smallest absolute Gasteiger partial charge is 0.185 e. The maximum Gasteiger partial charge on any atom is 0.185 e. The molecule has 3 rings (SSSR count). The molecule has 8 atom stereocenters. The molecule has 2 N–H and O–H groups in total. The van der Waals surface area contributed by atoms with Crippen LogP contribution in [0, 0.1) is 11.8 Å². The Kier molecular flexibility index (Phi) is 7.63. The molecule has 8 unspecified atom stereocenters. The maximum atomic E-state index is 12.2. The second kappa shape index (κ2) is 9.21. The molecule has 2 saturated heterocycles. The minimum absolute atomic E-state index is 0.341. The van der Waals surface area contributed by atoms with Crippen LogP contribution in [-0.4, -0.2) is 47.8 Å². The average molecular weight is 538 g/mol. The summed E-state index contributed by atoms with van der Waals surface area (Å²) in [6.07, 6.45) is 0. The van der Waals surface area contributed by atoms with Crippen molar-refractivity contribution in [3.63, 3.8) is 0 Å². The van der Waals surface area contributed by atoms with Gasteiger partial charge in [-0.25, -0.2) is 16.8 Å². The van der Waals surface area contributed by atoms with Crippen molar-refractivity contribution in [2.45, 2.75) is 57.9 Å². The average Bonchev–Trinajstić information content (AvgIpc) is 2.94. The van der Waals surface area contributed by atoms with Gasteiger partial charge >= 0.3 is 0 Å². The molecule has 2 aliphatic heterocycles. The Labute approximate surface area is 197 Å². The number of halogens is 4. The van der Waals surface area contributed by atoms with E-state index < -0.39 is 50.6 Å². The third-order valence-electron chi connectivity index (χ3n) is 5.95. The number of alkyl halides is 4. The fourth-order valence-electron chi connectivity index (χ4n) is 3.97. The molecule has 0 spiro atoms.